The molecule has 0 spiro atoms. The fourth-order valence-corrected chi connectivity index (χ4v) is 4.46. The van der Waals surface area contributed by atoms with Crippen LogP contribution in [0.3, 0.4) is 0 Å². The molecule has 2 aliphatic carbocycles. The number of alkyl halides is 1. The highest BCUT2D eigenvalue weighted by atomic mass is 79.9. The van der Waals surface area contributed by atoms with Gasteiger partial charge in [0.15, 0.2) is 0 Å². The average Bonchev–Trinajstić information content (AvgIpc) is 2.46. The van der Waals surface area contributed by atoms with Crippen LogP contribution in [0, 0.1) is 10.8 Å². The van der Waals surface area contributed by atoms with Crippen LogP contribution >= 0.6 is 15.9 Å². The first-order chi connectivity index (χ1) is 9.10. The monoisotopic (exact) mass is 329 g/mol. The highest BCUT2D eigenvalue weighted by Crippen LogP contribution is 2.39. The third kappa shape index (κ3) is 3.74. The lowest BCUT2D eigenvalue weighted by molar-refractivity contribution is -0.132. The molecule has 0 atom stereocenters. The summed E-state index contributed by atoms with van der Waals surface area (Å²) in [6, 6.07) is 0. The molecule has 0 heterocycles. The van der Waals surface area contributed by atoms with Crippen molar-refractivity contribution in [2.75, 3.05) is 11.9 Å². The fourth-order valence-electron chi connectivity index (χ4n) is 3.70. The van der Waals surface area contributed by atoms with Gasteiger partial charge in [-0.25, -0.2) is 0 Å². The van der Waals surface area contributed by atoms with E-state index in [1.165, 1.54) is 51.4 Å². The molecular formula is C16H28BrNO. The molecule has 0 bridgehead atoms. The Labute approximate surface area is 126 Å². The van der Waals surface area contributed by atoms with Crippen molar-refractivity contribution in [3.8, 4) is 0 Å². The van der Waals surface area contributed by atoms with Gasteiger partial charge in [-0.2, -0.15) is 0 Å². The molecule has 0 aromatic carbocycles. The maximum Gasteiger partial charge on any atom is 0.225 e. The van der Waals surface area contributed by atoms with Crippen LogP contribution in [0.1, 0.15) is 71.1 Å². The Kier molecular flexibility index (Phi) is 5.33. The summed E-state index contributed by atoms with van der Waals surface area (Å²) in [5.74, 6) is 0.304. The number of amides is 1. The van der Waals surface area contributed by atoms with Crippen LogP contribution in [-0.4, -0.2) is 17.8 Å². The van der Waals surface area contributed by atoms with E-state index in [0.717, 1.165) is 24.7 Å². The molecule has 0 aromatic heterocycles. The lowest BCUT2D eigenvalue weighted by atomic mass is 9.73. The Bertz CT molecular complexity index is 304. The molecule has 2 fully saturated rings. The minimum absolute atomic E-state index is 0.0968. The average molecular weight is 330 g/mol. The number of hydrogen-bond acceptors (Lipinski definition) is 1. The smallest absolute Gasteiger partial charge is 0.225 e. The van der Waals surface area contributed by atoms with Crippen molar-refractivity contribution < 1.29 is 4.79 Å². The molecule has 19 heavy (non-hydrogen) atoms. The first kappa shape index (κ1) is 15.3. The van der Waals surface area contributed by atoms with E-state index < -0.39 is 0 Å². The Balaban J connectivity index is 1.87. The summed E-state index contributed by atoms with van der Waals surface area (Å²) in [4.78, 5) is 12.5. The van der Waals surface area contributed by atoms with Crippen molar-refractivity contribution in [2.45, 2.75) is 71.1 Å². The van der Waals surface area contributed by atoms with E-state index >= 15 is 0 Å². The van der Waals surface area contributed by atoms with Crippen molar-refractivity contribution in [3.63, 3.8) is 0 Å². The molecule has 1 N–H and O–H groups in total. The van der Waals surface area contributed by atoms with Crippen molar-refractivity contribution in [3.05, 3.63) is 0 Å². The van der Waals surface area contributed by atoms with Crippen LogP contribution in [0.25, 0.3) is 0 Å². The zero-order chi connectivity index (χ0) is 13.8. The topological polar surface area (TPSA) is 29.1 Å². The summed E-state index contributed by atoms with van der Waals surface area (Å²) in [6.45, 7) is 3.02. The third-order valence-electron chi connectivity index (χ3n) is 5.33. The molecule has 2 nitrogen and oxygen atoms in total. The van der Waals surface area contributed by atoms with Gasteiger partial charge in [0.1, 0.15) is 0 Å². The quantitative estimate of drug-likeness (QED) is 0.760. The summed E-state index contributed by atoms with van der Waals surface area (Å²) in [7, 11) is 0. The zero-order valence-corrected chi connectivity index (χ0v) is 13.9. The summed E-state index contributed by atoms with van der Waals surface area (Å²) in [5, 5.41) is 4.31. The van der Waals surface area contributed by atoms with Gasteiger partial charge in [-0.3, -0.25) is 4.79 Å². The highest BCUT2D eigenvalue weighted by molar-refractivity contribution is 9.09. The van der Waals surface area contributed by atoms with Gasteiger partial charge < -0.3 is 5.32 Å². The Morgan fingerprint density at radius 2 is 1.53 bits per heavy atom. The van der Waals surface area contributed by atoms with Gasteiger partial charge in [-0.15, -0.1) is 0 Å². The van der Waals surface area contributed by atoms with Crippen molar-refractivity contribution in [2.24, 2.45) is 10.8 Å². The maximum atomic E-state index is 12.5. The van der Waals surface area contributed by atoms with Gasteiger partial charge in [0.2, 0.25) is 5.91 Å². The summed E-state index contributed by atoms with van der Waals surface area (Å²) >= 11 is 3.68. The van der Waals surface area contributed by atoms with Gasteiger partial charge in [0.05, 0.1) is 0 Å². The summed E-state index contributed by atoms with van der Waals surface area (Å²) in [5.41, 5.74) is 0.222. The first-order valence-electron chi connectivity index (χ1n) is 7.95. The van der Waals surface area contributed by atoms with Crippen molar-refractivity contribution in [1.82, 2.24) is 5.32 Å². The van der Waals surface area contributed by atoms with Crippen LogP contribution < -0.4 is 5.32 Å². The molecule has 2 aliphatic rings. The van der Waals surface area contributed by atoms with E-state index in [4.69, 9.17) is 0 Å². The molecule has 0 radical (unpaired) electrons. The molecule has 0 aromatic rings. The molecule has 0 unspecified atom stereocenters. The molecule has 2 rings (SSSR count). The van der Waals surface area contributed by atoms with Crippen molar-refractivity contribution >= 4 is 21.8 Å². The van der Waals surface area contributed by atoms with E-state index in [9.17, 15) is 4.79 Å². The number of halogens is 1. The van der Waals surface area contributed by atoms with E-state index in [-0.39, 0.29) is 5.41 Å². The first-order valence-corrected chi connectivity index (χ1v) is 9.07. The van der Waals surface area contributed by atoms with Gasteiger partial charge >= 0.3 is 0 Å². The Morgan fingerprint density at radius 3 is 2.05 bits per heavy atom. The second kappa shape index (κ2) is 6.60. The molecule has 0 saturated heterocycles. The number of carbonyl (C=O) groups is 1. The van der Waals surface area contributed by atoms with E-state index in [2.05, 4.69) is 28.2 Å². The van der Waals surface area contributed by atoms with Crippen LogP contribution in [0.5, 0.6) is 0 Å². The van der Waals surface area contributed by atoms with Crippen LogP contribution in [0.15, 0.2) is 0 Å². The largest absolute Gasteiger partial charge is 0.355 e. The van der Waals surface area contributed by atoms with Gasteiger partial charge in [-0.1, -0.05) is 61.4 Å². The van der Waals surface area contributed by atoms with E-state index in [1.54, 1.807) is 0 Å². The Hall–Kier alpha value is -0.0500. The van der Waals surface area contributed by atoms with Crippen molar-refractivity contribution in [1.29, 1.82) is 0 Å². The minimum Gasteiger partial charge on any atom is -0.355 e. The number of rotatable bonds is 4. The van der Waals surface area contributed by atoms with Crippen LogP contribution in [0.4, 0.5) is 0 Å². The summed E-state index contributed by atoms with van der Waals surface area (Å²) in [6.07, 6.45) is 12.4. The number of nitrogens with one attached hydrogen (secondary N) is 1. The van der Waals surface area contributed by atoms with Gasteiger partial charge in [-0.05, 0) is 31.1 Å². The van der Waals surface area contributed by atoms with Crippen LogP contribution in [0.2, 0.25) is 0 Å². The van der Waals surface area contributed by atoms with E-state index in [0.29, 0.717) is 11.3 Å². The lowest BCUT2D eigenvalue weighted by Crippen LogP contribution is -2.46. The summed E-state index contributed by atoms with van der Waals surface area (Å²) < 4.78 is 0. The minimum atomic E-state index is -0.0968. The standard InChI is InChI=1S/C16H28BrNO/c1-15(8-4-2-5-9-15)14(19)18-13-16(12-17)10-6-3-7-11-16/h2-13H2,1H3,(H,18,19). The molecule has 0 aliphatic heterocycles. The second-order valence-corrected chi connectivity index (χ2v) is 7.56. The molecular weight excluding hydrogens is 302 g/mol. The molecule has 3 heteroatoms. The maximum absolute atomic E-state index is 12.5. The molecule has 110 valence electrons. The van der Waals surface area contributed by atoms with Crippen LogP contribution in [-0.2, 0) is 4.79 Å². The predicted molar refractivity (Wildman–Crippen MR) is 83.5 cm³/mol. The number of hydrogen-bond donors (Lipinski definition) is 1. The second-order valence-electron chi connectivity index (χ2n) is 7.00. The van der Waals surface area contributed by atoms with Gasteiger partial charge in [0.25, 0.3) is 0 Å². The fraction of sp³-hybridized carbons (Fsp3) is 0.938. The number of carbonyl (C=O) groups excluding carboxylic acids is 1. The molecule has 1 amide bonds. The van der Waals surface area contributed by atoms with Gasteiger partial charge in [0, 0.05) is 17.3 Å². The normalized spacial score (nSPS) is 25.8. The van der Waals surface area contributed by atoms with E-state index in [1.807, 2.05) is 0 Å². The third-order valence-corrected chi connectivity index (χ3v) is 6.52. The Morgan fingerprint density at radius 1 is 1.00 bits per heavy atom. The highest BCUT2D eigenvalue weighted by Gasteiger charge is 2.37. The lowest BCUT2D eigenvalue weighted by Gasteiger charge is -2.38. The predicted octanol–water partition coefficient (Wildman–Crippen LogP) is 4.42. The SMILES string of the molecule is CC1(C(=O)NCC2(CBr)CCCCC2)CCCCC1. The molecule has 2 saturated carbocycles. The zero-order valence-electron chi connectivity index (χ0n) is 12.3.